The number of esters is 1. The summed E-state index contributed by atoms with van der Waals surface area (Å²) >= 11 is 5.48. The predicted octanol–water partition coefficient (Wildman–Crippen LogP) is 2.72. The average Bonchev–Trinajstić information content (AvgIpc) is 2.27. The lowest BCUT2D eigenvalue weighted by Gasteiger charge is -2.09. The molecular weight excluding hydrogens is 254 g/mol. The predicted molar refractivity (Wildman–Crippen MR) is 54.9 cm³/mol. The quantitative estimate of drug-likeness (QED) is 0.619. The lowest BCUT2D eigenvalue weighted by Crippen LogP contribution is -2.12. The van der Waals surface area contributed by atoms with Crippen molar-refractivity contribution in [2.24, 2.45) is 0 Å². The maximum Gasteiger partial charge on any atom is 0.341 e. The Morgan fingerprint density at radius 3 is 2.82 bits per heavy atom. The van der Waals surface area contributed by atoms with Crippen molar-refractivity contribution in [2.75, 3.05) is 6.61 Å². The Balaban J connectivity index is 3.43. The molecule has 1 aromatic rings. The van der Waals surface area contributed by atoms with Gasteiger partial charge in [0.1, 0.15) is 16.8 Å². The molecule has 1 aromatic heterocycles. The van der Waals surface area contributed by atoms with Crippen molar-refractivity contribution < 1.29 is 18.3 Å². The van der Waals surface area contributed by atoms with Gasteiger partial charge in [0.25, 0.3) is 6.43 Å². The Bertz CT molecular complexity index is 486. The van der Waals surface area contributed by atoms with Crippen molar-refractivity contribution >= 4 is 17.6 Å². The van der Waals surface area contributed by atoms with Crippen LogP contribution in [-0.2, 0) is 4.74 Å². The van der Waals surface area contributed by atoms with Crippen molar-refractivity contribution in [3.63, 3.8) is 0 Å². The van der Waals surface area contributed by atoms with Crippen LogP contribution in [0, 0.1) is 11.3 Å². The van der Waals surface area contributed by atoms with Crippen molar-refractivity contribution in [3.05, 3.63) is 28.0 Å². The van der Waals surface area contributed by atoms with Gasteiger partial charge in [0, 0.05) is 5.56 Å². The molecule has 0 N–H and O–H groups in total. The Morgan fingerprint density at radius 2 is 2.35 bits per heavy atom. The van der Waals surface area contributed by atoms with E-state index in [2.05, 4.69) is 9.72 Å². The molecule has 1 rings (SSSR count). The van der Waals surface area contributed by atoms with E-state index >= 15 is 0 Å². The van der Waals surface area contributed by atoms with E-state index in [1.807, 2.05) is 0 Å². The molecule has 0 aliphatic carbocycles. The number of carbonyl (C=O) groups is 1. The van der Waals surface area contributed by atoms with Crippen LogP contribution in [0.5, 0.6) is 0 Å². The zero-order valence-electron chi connectivity index (χ0n) is 8.71. The molecular formula is C10H7ClF2N2O2. The van der Waals surface area contributed by atoms with Gasteiger partial charge < -0.3 is 4.74 Å². The van der Waals surface area contributed by atoms with E-state index in [-0.39, 0.29) is 11.8 Å². The van der Waals surface area contributed by atoms with Crippen LogP contribution in [0.1, 0.15) is 35.0 Å². The van der Waals surface area contributed by atoms with Gasteiger partial charge in [-0.2, -0.15) is 5.26 Å². The summed E-state index contributed by atoms with van der Waals surface area (Å²) in [6, 6.07) is 2.39. The summed E-state index contributed by atoms with van der Waals surface area (Å²) < 4.78 is 30.0. The summed E-state index contributed by atoms with van der Waals surface area (Å²) in [5, 5.41) is 8.47. The number of hydrogen-bond donors (Lipinski definition) is 0. The van der Waals surface area contributed by atoms with Gasteiger partial charge in [-0.1, -0.05) is 11.6 Å². The van der Waals surface area contributed by atoms with Crippen molar-refractivity contribution in [2.45, 2.75) is 13.3 Å². The maximum absolute atomic E-state index is 12.7. The van der Waals surface area contributed by atoms with Crippen LogP contribution in [0.25, 0.3) is 0 Å². The second kappa shape index (κ2) is 5.55. The highest BCUT2D eigenvalue weighted by Gasteiger charge is 2.25. The van der Waals surface area contributed by atoms with Gasteiger partial charge in [0.05, 0.1) is 6.61 Å². The largest absolute Gasteiger partial charge is 0.462 e. The van der Waals surface area contributed by atoms with Gasteiger partial charge in [-0.15, -0.1) is 0 Å². The van der Waals surface area contributed by atoms with Crippen molar-refractivity contribution in [3.8, 4) is 6.07 Å². The monoisotopic (exact) mass is 260 g/mol. The van der Waals surface area contributed by atoms with Gasteiger partial charge in [0.15, 0.2) is 5.69 Å². The van der Waals surface area contributed by atoms with Gasteiger partial charge >= 0.3 is 5.97 Å². The van der Waals surface area contributed by atoms with Crippen LogP contribution in [0.15, 0.2) is 6.07 Å². The number of carbonyl (C=O) groups excluding carboxylic acids is 1. The molecule has 7 heteroatoms. The molecule has 0 aromatic carbocycles. The molecule has 0 aliphatic heterocycles. The standard InChI is InChI=1S/C10H7ClF2N2O2/c1-2-17-10(16)8-5(9(12)13)3-7(11)15-6(8)4-14/h3,9H,2H2,1H3. The number of nitrogens with zero attached hydrogens (tertiary/aromatic N) is 2. The van der Waals surface area contributed by atoms with Gasteiger partial charge in [-0.3, -0.25) is 0 Å². The fourth-order valence-electron chi connectivity index (χ4n) is 1.20. The molecule has 0 saturated carbocycles. The van der Waals surface area contributed by atoms with Gasteiger partial charge in [0.2, 0.25) is 0 Å². The topological polar surface area (TPSA) is 63.0 Å². The minimum absolute atomic E-state index is 0.00893. The van der Waals surface area contributed by atoms with Gasteiger partial charge in [-0.05, 0) is 13.0 Å². The molecule has 0 unspecified atom stereocenters. The summed E-state index contributed by atoms with van der Waals surface area (Å²) in [5.74, 6) is -1.01. The van der Waals surface area contributed by atoms with Crippen LogP contribution in [0.2, 0.25) is 5.15 Å². The van der Waals surface area contributed by atoms with Crippen LogP contribution in [0.3, 0.4) is 0 Å². The summed E-state index contributed by atoms with van der Waals surface area (Å²) in [5.41, 5.74) is -1.65. The number of nitriles is 1. The lowest BCUT2D eigenvalue weighted by atomic mass is 10.1. The molecule has 0 spiro atoms. The van der Waals surface area contributed by atoms with Crippen LogP contribution >= 0.6 is 11.6 Å². The van der Waals surface area contributed by atoms with Gasteiger partial charge in [-0.25, -0.2) is 18.6 Å². The summed E-state index contributed by atoms with van der Waals surface area (Å²) in [4.78, 5) is 15.0. The third kappa shape index (κ3) is 2.88. The van der Waals surface area contributed by atoms with E-state index in [0.29, 0.717) is 0 Å². The summed E-state index contributed by atoms with van der Waals surface area (Å²) in [7, 11) is 0. The minimum Gasteiger partial charge on any atom is -0.462 e. The second-order valence-electron chi connectivity index (χ2n) is 2.89. The van der Waals surface area contributed by atoms with E-state index < -0.39 is 29.2 Å². The number of hydrogen-bond acceptors (Lipinski definition) is 4. The second-order valence-corrected chi connectivity index (χ2v) is 3.28. The molecule has 0 fully saturated rings. The fourth-order valence-corrected chi connectivity index (χ4v) is 1.41. The SMILES string of the molecule is CCOC(=O)c1c(C(F)F)cc(Cl)nc1C#N. The Hall–Kier alpha value is -1.74. The van der Waals surface area contributed by atoms with E-state index in [4.69, 9.17) is 16.9 Å². The van der Waals surface area contributed by atoms with Crippen molar-refractivity contribution in [1.29, 1.82) is 5.26 Å². The van der Waals surface area contributed by atoms with E-state index in [1.54, 1.807) is 6.07 Å². The zero-order valence-corrected chi connectivity index (χ0v) is 9.46. The number of rotatable bonds is 3. The smallest absolute Gasteiger partial charge is 0.341 e. The number of pyridine rings is 1. The molecule has 0 saturated heterocycles. The van der Waals surface area contributed by atoms with Crippen molar-refractivity contribution in [1.82, 2.24) is 4.98 Å². The molecule has 0 atom stereocenters. The fraction of sp³-hybridized carbons (Fsp3) is 0.300. The number of aromatic nitrogens is 1. The summed E-state index contributed by atoms with van der Waals surface area (Å²) in [6.45, 7) is 1.53. The third-order valence-electron chi connectivity index (χ3n) is 1.84. The molecule has 0 bridgehead atoms. The molecule has 4 nitrogen and oxygen atoms in total. The third-order valence-corrected chi connectivity index (χ3v) is 2.03. The highest BCUT2D eigenvalue weighted by atomic mass is 35.5. The number of ether oxygens (including phenoxy) is 1. The zero-order chi connectivity index (χ0) is 13.0. The molecule has 0 radical (unpaired) electrons. The van der Waals surface area contributed by atoms with E-state index in [0.717, 1.165) is 6.07 Å². The van der Waals surface area contributed by atoms with Crippen LogP contribution in [0.4, 0.5) is 8.78 Å². The number of alkyl halides is 2. The van der Waals surface area contributed by atoms with Crippen LogP contribution < -0.4 is 0 Å². The molecule has 90 valence electrons. The molecule has 0 aliphatic rings. The maximum atomic E-state index is 12.7. The average molecular weight is 261 g/mol. The highest BCUT2D eigenvalue weighted by Crippen LogP contribution is 2.27. The Morgan fingerprint density at radius 1 is 1.71 bits per heavy atom. The van der Waals surface area contributed by atoms with E-state index in [1.165, 1.54) is 6.92 Å². The first-order chi connectivity index (χ1) is 8.01. The molecule has 17 heavy (non-hydrogen) atoms. The first kappa shape index (κ1) is 13.3. The Kier molecular flexibility index (Phi) is 4.35. The molecule has 0 amide bonds. The van der Waals surface area contributed by atoms with Crippen LogP contribution in [-0.4, -0.2) is 17.6 Å². The highest BCUT2D eigenvalue weighted by molar-refractivity contribution is 6.29. The van der Waals surface area contributed by atoms with E-state index in [9.17, 15) is 13.6 Å². The Labute approximate surface area is 101 Å². The minimum atomic E-state index is -2.94. The summed E-state index contributed by atoms with van der Waals surface area (Å²) in [6.07, 6.45) is -2.94. The lowest BCUT2D eigenvalue weighted by molar-refractivity contribution is 0.0514. The first-order valence-electron chi connectivity index (χ1n) is 4.57. The number of halogens is 3. The normalized spacial score (nSPS) is 10.1. The molecule has 1 heterocycles. The first-order valence-corrected chi connectivity index (χ1v) is 4.94.